The maximum absolute atomic E-state index is 12.6. The van der Waals surface area contributed by atoms with Gasteiger partial charge < -0.3 is 15.6 Å². The summed E-state index contributed by atoms with van der Waals surface area (Å²) in [5.74, 6) is 5.64. The maximum Gasteiger partial charge on any atom is 1.00 e. The minimum absolute atomic E-state index is 0. The van der Waals surface area contributed by atoms with E-state index in [1.54, 1.807) is 6.92 Å². The standard InChI is InChI=1S/C14H11N5O2S.Na/c1-7-12-9(6-11(20)18(7)15)17-19(13(12)21)14-16-8-4-2-3-5-10(8)22-14;/h2-6H,15H2,1H3,(H,17,20);/q;+1/p-1. The minimum atomic E-state index is -0.404. The van der Waals surface area contributed by atoms with E-state index in [9.17, 15) is 9.59 Å². The van der Waals surface area contributed by atoms with Crippen LogP contribution in [-0.4, -0.2) is 14.3 Å². The molecule has 1 aromatic carbocycles. The molecule has 0 aliphatic heterocycles. The molecular formula is C14H10N5NaO2S. The van der Waals surface area contributed by atoms with Gasteiger partial charge in [0.25, 0.3) is 5.56 Å². The molecule has 0 radical (unpaired) electrons. The average Bonchev–Trinajstić information content (AvgIpc) is 3.06. The fourth-order valence-electron chi connectivity index (χ4n) is 2.41. The van der Waals surface area contributed by atoms with Crippen molar-refractivity contribution >= 4 is 32.5 Å². The molecule has 4 aromatic rings. The molecule has 0 saturated carbocycles. The Morgan fingerprint density at radius 2 is 2.00 bits per heavy atom. The summed E-state index contributed by atoms with van der Waals surface area (Å²) in [6, 6.07) is 8.85. The van der Waals surface area contributed by atoms with Gasteiger partial charge in [-0.1, -0.05) is 23.5 Å². The number of benzene rings is 1. The molecule has 0 bridgehead atoms. The zero-order valence-corrected chi connectivity index (χ0v) is 15.3. The van der Waals surface area contributed by atoms with Gasteiger partial charge in [0.2, 0.25) is 5.56 Å². The summed E-state index contributed by atoms with van der Waals surface area (Å²) >= 11 is 1.37. The van der Waals surface area contributed by atoms with Gasteiger partial charge in [-0.25, -0.2) is 9.66 Å². The Hall–Kier alpha value is -1.87. The molecule has 7 nitrogen and oxygen atoms in total. The Morgan fingerprint density at radius 3 is 2.74 bits per heavy atom. The SMILES string of the molecule is Cc1c2c(=O)n(-c3nc4ccccc4s3)[n-]c2cc(=O)n1N.[Na+]. The number of aryl methyl sites for hydroxylation is 1. The summed E-state index contributed by atoms with van der Waals surface area (Å²) in [6.07, 6.45) is 0. The van der Waals surface area contributed by atoms with E-state index in [0.29, 0.717) is 21.7 Å². The van der Waals surface area contributed by atoms with Crippen LogP contribution in [0.5, 0.6) is 0 Å². The molecule has 0 aliphatic carbocycles. The van der Waals surface area contributed by atoms with Crippen molar-refractivity contribution in [2.75, 3.05) is 5.84 Å². The molecular weight excluding hydrogens is 325 g/mol. The second-order valence-electron chi connectivity index (χ2n) is 4.88. The maximum atomic E-state index is 12.6. The van der Waals surface area contributed by atoms with E-state index in [4.69, 9.17) is 5.84 Å². The van der Waals surface area contributed by atoms with Gasteiger partial charge in [0, 0.05) is 5.39 Å². The van der Waals surface area contributed by atoms with E-state index in [1.807, 2.05) is 24.3 Å². The molecule has 3 heterocycles. The molecule has 110 valence electrons. The van der Waals surface area contributed by atoms with Crippen LogP contribution in [0, 0.1) is 6.92 Å². The molecule has 0 aliphatic rings. The number of nitrogens with zero attached hydrogens (tertiary/aromatic N) is 4. The van der Waals surface area contributed by atoms with Gasteiger partial charge in [-0.2, -0.15) is 0 Å². The van der Waals surface area contributed by atoms with E-state index in [-0.39, 0.29) is 35.1 Å². The molecule has 0 fully saturated rings. The summed E-state index contributed by atoms with van der Waals surface area (Å²) in [5, 5.41) is 5.03. The van der Waals surface area contributed by atoms with Crippen molar-refractivity contribution in [2.45, 2.75) is 6.92 Å². The van der Waals surface area contributed by atoms with Gasteiger partial charge in [-0.3, -0.25) is 9.59 Å². The first kappa shape index (κ1) is 16.0. The topological polar surface area (TPSA) is 97.0 Å². The van der Waals surface area contributed by atoms with Crippen molar-refractivity contribution in [3.05, 3.63) is 56.7 Å². The van der Waals surface area contributed by atoms with E-state index in [0.717, 1.165) is 14.9 Å². The van der Waals surface area contributed by atoms with Crippen molar-refractivity contribution < 1.29 is 29.6 Å². The zero-order chi connectivity index (χ0) is 15.4. The monoisotopic (exact) mass is 335 g/mol. The third-order valence-electron chi connectivity index (χ3n) is 3.55. The van der Waals surface area contributed by atoms with Gasteiger partial charge in [-0.15, -0.1) is 5.52 Å². The van der Waals surface area contributed by atoms with Crippen LogP contribution in [0.3, 0.4) is 0 Å². The van der Waals surface area contributed by atoms with E-state index >= 15 is 0 Å². The van der Waals surface area contributed by atoms with Crippen LogP contribution in [0.1, 0.15) is 5.69 Å². The Balaban J connectivity index is 0.00000156. The van der Waals surface area contributed by atoms with Crippen LogP contribution in [-0.2, 0) is 0 Å². The number of rotatable bonds is 1. The van der Waals surface area contributed by atoms with Crippen molar-refractivity contribution in [3.8, 4) is 5.13 Å². The van der Waals surface area contributed by atoms with Crippen molar-refractivity contribution in [3.63, 3.8) is 0 Å². The van der Waals surface area contributed by atoms with Gasteiger partial charge >= 0.3 is 29.6 Å². The molecule has 0 atom stereocenters. The summed E-state index contributed by atoms with van der Waals surface area (Å²) < 4.78 is 3.14. The molecule has 2 N–H and O–H groups in total. The fourth-order valence-corrected chi connectivity index (χ4v) is 3.33. The van der Waals surface area contributed by atoms with E-state index in [2.05, 4.69) is 10.1 Å². The molecule has 0 spiro atoms. The van der Waals surface area contributed by atoms with E-state index in [1.165, 1.54) is 22.1 Å². The summed E-state index contributed by atoms with van der Waals surface area (Å²) in [6.45, 7) is 1.62. The Bertz CT molecular complexity index is 1120. The Kier molecular flexibility index (Phi) is 3.93. The van der Waals surface area contributed by atoms with Gasteiger partial charge in [0.05, 0.1) is 15.9 Å². The molecule has 0 saturated heterocycles. The molecule has 9 heteroatoms. The fraction of sp³-hybridized carbons (Fsp3) is 0.0714. The van der Waals surface area contributed by atoms with Crippen LogP contribution >= 0.6 is 11.3 Å². The van der Waals surface area contributed by atoms with Crippen molar-refractivity contribution in [2.24, 2.45) is 0 Å². The summed E-state index contributed by atoms with van der Waals surface area (Å²) in [5.41, 5.74) is 0.787. The van der Waals surface area contributed by atoms with Crippen molar-refractivity contribution in [1.82, 2.24) is 19.4 Å². The van der Waals surface area contributed by atoms with Crippen LogP contribution in [0.25, 0.3) is 26.3 Å². The third-order valence-corrected chi connectivity index (χ3v) is 4.57. The number of fused-ring (bicyclic) bond motifs is 2. The molecule has 0 unspecified atom stereocenters. The smallest absolute Gasteiger partial charge is 0.585 e. The second-order valence-corrected chi connectivity index (χ2v) is 5.89. The Morgan fingerprint density at radius 1 is 1.26 bits per heavy atom. The number of hydrogen-bond donors (Lipinski definition) is 1. The number of aromatic nitrogens is 4. The second kappa shape index (κ2) is 5.64. The predicted octanol–water partition coefficient (Wildman–Crippen LogP) is -2.25. The van der Waals surface area contributed by atoms with Crippen LogP contribution < -0.4 is 51.6 Å². The van der Waals surface area contributed by atoms with Crippen molar-refractivity contribution in [1.29, 1.82) is 0 Å². The first-order valence-corrected chi connectivity index (χ1v) is 7.31. The quantitative estimate of drug-likeness (QED) is 0.313. The van der Waals surface area contributed by atoms with Gasteiger partial charge in [-0.05, 0) is 25.1 Å². The predicted molar refractivity (Wildman–Crippen MR) is 85.2 cm³/mol. The number of pyridine rings is 1. The van der Waals surface area contributed by atoms with Crippen LogP contribution in [0.4, 0.5) is 0 Å². The molecule has 23 heavy (non-hydrogen) atoms. The number of nitrogens with two attached hydrogens (primary N) is 1. The number of thiazole rings is 1. The van der Waals surface area contributed by atoms with Gasteiger partial charge in [0.1, 0.15) is 0 Å². The minimum Gasteiger partial charge on any atom is -0.585 e. The number of nitrogen functional groups attached to an aromatic ring is 1. The Labute approximate surface area is 155 Å². The summed E-state index contributed by atoms with van der Waals surface area (Å²) in [7, 11) is 0. The van der Waals surface area contributed by atoms with E-state index < -0.39 is 5.56 Å². The van der Waals surface area contributed by atoms with Gasteiger partial charge in [0.15, 0.2) is 5.13 Å². The molecule has 4 rings (SSSR count). The number of hydrogen-bond acceptors (Lipinski definition) is 5. The zero-order valence-electron chi connectivity index (χ0n) is 12.5. The summed E-state index contributed by atoms with van der Waals surface area (Å²) in [4.78, 5) is 28.7. The molecule has 3 aromatic heterocycles. The number of para-hydroxylation sites is 1. The molecule has 0 amide bonds. The largest absolute Gasteiger partial charge is 1.00 e. The normalized spacial score (nSPS) is 11.0. The van der Waals surface area contributed by atoms with Crippen LogP contribution in [0.2, 0.25) is 0 Å². The first-order chi connectivity index (χ1) is 10.6. The third kappa shape index (κ3) is 2.34. The van der Waals surface area contributed by atoms with Crippen LogP contribution in [0.15, 0.2) is 39.9 Å². The average molecular weight is 335 g/mol. The first-order valence-electron chi connectivity index (χ1n) is 6.49.